The Balaban J connectivity index is 2.19. The minimum absolute atomic E-state index is 0.0849. The fraction of sp³-hybridized carbons (Fsp3) is 0.800. The molecule has 1 saturated carbocycles. The maximum Gasteiger partial charge on any atom is 0.113 e. The summed E-state index contributed by atoms with van der Waals surface area (Å²) in [6.07, 6.45) is 4.94. The molecule has 0 aromatic carbocycles. The van der Waals surface area contributed by atoms with E-state index in [0.29, 0.717) is 12.0 Å². The Labute approximate surface area is 120 Å². The number of rotatable bonds is 5. The summed E-state index contributed by atoms with van der Waals surface area (Å²) < 4.78 is 5.50. The molecule has 1 aliphatic rings. The van der Waals surface area contributed by atoms with E-state index in [1.165, 1.54) is 10.7 Å². The minimum atomic E-state index is 0.0849. The summed E-state index contributed by atoms with van der Waals surface area (Å²) in [5, 5.41) is 7.20. The van der Waals surface area contributed by atoms with Crippen LogP contribution in [0.5, 0.6) is 0 Å². The third kappa shape index (κ3) is 3.18. The first-order valence-electron chi connectivity index (χ1n) is 7.35. The predicted molar refractivity (Wildman–Crippen MR) is 80.8 cm³/mol. The quantitative estimate of drug-likeness (QED) is 0.895. The Bertz CT molecular complexity index is 395. The van der Waals surface area contributed by atoms with Crippen molar-refractivity contribution in [1.29, 1.82) is 0 Å². The normalized spacial score (nSPS) is 27.9. The summed E-state index contributed by atoms with van der Waals surface area (Å²) >= 11 is 1.82. The molecule has 0 saturated heterocycles. The van der Waals surface area contributed by atoms with Crippen molar-refractivity contribution in [2.45, 2.75) is 64.0 Å². The van der Waals surface area contributed by atoms with Crippen LogP contribution >= 0.6 is 11.3 Å². The molecule has 108 valence electrons. The molecule has 0 spiro atoms. The number of thiazole rings is 1. The number of nitrogens with zero attached hydrogens (tertiary/aromatic N) is 1. The van der Waals surface area contributed by atoms with Gasteiger partial charge >= 0.3 is 0 Å². The molecule has 0 unspecified atom stereocenters. The van der Waals surface area contributed by atoms with E-state index >= 15 is 0 Å². The number of methoxy groups -OCH3 is 1. The van der Waals surface area contributed by atoms with E-state index in [1.54, 1.807) is 0 Å². The van der Waals surface area contributed by atoms with Crippen LogP contribution in [0.25, 0.3) is 0 Å². The van der Waals surface area contributed by atoms with Crippen molar-refractivity contribution in [2.24, 2.45) is 0 Å². The molecule has 3 nitrogen and oxygen atoms in total. The lowest BCUT2D eigenvalue weighted by Gasteiger charge is -2.39. The highest BCUT2D eigenvalue weighted by Crippen LogP contribution is 2.39. The van der Waals surface area contributed by atoms with Gasteiger partial charge in [-0.3, -0.25) is 0 Å². The van der Waals surface area contributed by atoms with Crippen molar-refractivity contribution in [3.63, 3.8) is 0 Å². The zero-order chi connectivity index (χ0) is 13.9. The van der Waals surface area contributed by atoms with E-state index < -0.39 is 0 Å². The average Bonchev–Trinajstić information content (AvgIpc) is 2.90. The third-order valence-corrected chi connectivity index (χ3v) is 5.22. The highest BCUT2D eigenvalue weighted by Gasteiger charge is 2.38. The van der Waals surface area contributed by atoms with Crippen LogP contribution in [-0.4, -0.2) is 24.7 Å². The van der Waals surface area contributed by atoms with Crippen molar-refractivity contribution in [1.82, 2.24) is 10.3 Å². The summed E-state index contributed by atoms with van der Waals surface area (Å²) in [6, 6.07) is 0. The lowest BCUT2D eigenvalue weighted by atomic mass is 9.80. The fourth-order valence-electron chi connectivity index (χ4n) is 2.90. The number of hydrogen-bond donors (Lipinski definition) is 1. The highest BCUT2D eigenvalue weighted by atomic mass is 32.1. The molecule has 0 radical (unpaired) electrons. The van der Waals surface area contributed by atoms with E-state index in [2.05, 4.69) is 31.5 Å². The maximum absolute atomic E-state index is 5.50. The van der Waals surface area contributed by atoms with Crippen molar-refractivity contribution < 1.29 is 4.74 Å². The second kappa shape index (κ2) is 6.33. The van der Waals surface area contributed by atoms with Gasteiger partial charge in [0.25, 0.3) is 0 Å². The monoisotopic (exact) mass is 282 g/mol. The summed E-state index contributed by atoms with van der Waals surface area (Å²) in [4.78, 5) is 4.89. The van der Waals surface area contributed by atoms with Crippen LogP contribution in [0.15, 0.2) is 5.38 Å². The van der Waals surface area contributed by atoms with E-state index in [9.17, 15) is 0 Å². The van der Waals surface area contributed by atoms with Crippen LogP contribution in [0.2, 0.25) is 0 Å². The summed E-state index contributed by atoms with van der Waals surface area (Å²) in [7, 11) is 1.82. The maximum atomic E-state index is 5.50. The van der Waals surface area contributed by atoms with Gasteiger partial charge in [-0.2, -0.15) is 0 Å². The van der Waals surface area contributed by atoms with Gasteiger partial charge in [-0.1, -0.05) is 20.8 Å². The number of nitrogens with one attached hydrogen (secondary N) is 1. The van der Waals surface area contributed by atoms with Crippen LogP contribution in [-0.2, 0) is 10.3 Å². The predicted octanol–water partition coefficient (Wildman–Crippen LogP) is 3.66. The minimum Gasteiger partial charge on any atom is -0.381 e. The van der Waals surface area contributed by atoms with Crippen LogP contribution in [0.3, 0.4) is 0 Å². The number of ether oxygens (including phenoxy) is 1. The molecule has 1 N–H and O–H groups in total. The first-order valence-corrected chi connectivity index (χ1v) is 8.23. The summed E-state index contributed by atoms with van der Waals surface area (Å²) in [5.74, 6) is 0.513. The number of aromatic nitrogens is 1. The van der Waals surface area contributed by atoms with Crippen LogP contribution in [0, 0.1) is 0 Å². The van der Waals surface area contributed by atoms with E-state index in [1.807, 2.05) is 18.4 Å². The Kier molecular flexibility index (Phi) is 4.98. The molecule has 1 aromatic rings. The third-order valence-electron chi connectivity index (χ3n) is 4.16. The smallest absolute Gasteiger partial charge is 0.113 e. The first kappa shape index (κ1) is 14.9. The molecule has 1 aromatic heterocycles. The first-order chi connectivity index (χ1) is 9.11. The topological polar surface area (TPSA) is 34.2 Å². The van der Waals surface area contributed by atoms with Crippen LogP contribution < -0.4 is 5.32 Å². The molecule has 0 atom stereocenters. The Morgan fingerprint density at radius 1 is 1.47 bits per heavy atom. The van der Waals surface area contributed by atoms with Gasteiger partial charge in [0.15, 0.2) is 0 Å². The molecule has 19 heavy (non-hydrogen) atoms. The molecule has 0 bridgehead atoms. The SMILES string of the molecule is CCNC1(c2nc(C(C)C)cs2)CCC(OC)CC1. The lowest BCUT2D eigenvalue weighted by molar-refractivity contribution is 0.0407. The Morgan fingerprint density at radius 3 is 2.63 bits per heavy atom. The van der Waals surface area contributed by atoms with E-state index in [0.717, 1.165) is 32.2 Å². The molecular weight excluding hydrogens is 256 g/mol. The van der Waals surface area contributed by atoms with E-state index in [-0.39, 0.29) is 5.54 Å². The van der Waals surface area contributed by atoms with Gasteiger partial charge in [-0.15, -0.1) is 11.3 Å². The molecule has 0 amide bonds. The molecule has 1 fully saturated rings. The van der Waals surface area contributed by atoms with Gasteiger partial charge in [0, 0.05) is 12.5 Å². The number of hydrogen-bond acceptors (Lipinski definition) is 4. The zero-order valence-electron chi connectivity index (χ0n) is 12.5. The molecule has 0 aliphatic heterocycles. The summed E-state index contributed by atoms with van der Waals surface area (Å²) in [5.41, 5.74) is 1.31. The van der Waals surface area contributed by atoms with E-state index in [4.69, 9.17) is 9.72 Å². The highest BCUT2D eigenvalue weighted by molar-refractivity contribution is 7.09. The van der Waals surface area contributed by atoms with Crippen molar-refractivity contribution in [3.05, 3.63) is 16.1 Å². The van der Waals surface area contributed by atoms with Crippen molar-refractivity contribution in [3.8, 4) is 0 Å². The Morgan fingerprint density at radius 2 is 2.16 bits per heavy atom. The zero-order valence-corrected chi connectivity index (χ0v) is 13.3. The fourth-order valence-corrected chi connectivity index (χ4v) is 4.11. The van der Waals surface area contributed by atoms with Gasteiger partial charge in [0.05, 0.1) is 17.3 Å². The molecular formula is C15H26N2OS. The van der Waals surface area contributed by atoms with Crippen molar-refractivity contribution >= 4 is 11.3 Å². The Hall–Kier alpha value is -0.450. The van der Waals surface area contributed by atoms with Crippen LogP contribution in [0.4, 0.5) is 0 Å². The standard InChI is InChI=1S/C15H26N2OS/c1-5-16-15(8-6-12(18-4)7-9-15)14-17-13(10-19-14)11(2)3/h10-12,16H,5-9H2,1-4H3. The van der Waals surface area contributed by atoms with Gasteiger partial charge < -0.3 is 10.1 Å². The van der Waals surface area contributed by atoms with Gasteiger partial charge in [-0.25, -0.2) is 4.98 Å². The second-order valence-corrected chi connectivity index (χ2v) is 6.64. The van der Waals surface area contributed by atoms with Crippen LogP contribution in [0.1, 0.15) is 63.1 Å². The molecule has 4 heteroatoms. The lowest BCUT2D eigenvalue weighted by Crippen LogP contribution is -2.46. The summed E-state index contributed by atoms with van der Waals surface area (Å²) in [6.45, 7) is 7.59. The van der Waals surface area contributed by atoms with Gasteiger partial charge in [0.2, 0.25) is 0 Å². The molecule has 1 heterocycles. The van der Waals surface area contributed by atoms with Gasteiger partial charge in [0.1, 0.15) is 5.01 Å². The van der Waals surface area contributed by atoms with Gasteiger partial charge in [-0.05, 0) is 38.1 Å². The average molecular weight is 282 g/mol. The largest absolute Gasteiger partial charge is 0.381 e. The molecule has 2 rings (SSSR count). The molecule has 1 aliphatic carbocycles. The second-order valence-electron chi connectivity index (χ2n) is 5.78. The van der Waals surface area contributed by atoms with Crippen molar-refractivity contribution in [2.75, 3.05) is 13.7 Å².